The number of carbonyl (C=O) groups is 2. The van der Waals surface area contributed by atoms with E-state index in [0.29, 0.717) is 12.4 Å². The summed E-state index contributed by atoms with van der Waals surface area (Å²) in [5.74, 6) is -0.288. The van der Waals surface area contributed by atoms with Crippen LogP contribution in [0.3, 0.4) is 0 Å². The van der Waals surface area contributed by atoms with E-state index < -0.39 is 12.1 Å². The summed E-state index contributed by atoms with van der Waals surface area (Å²) in [5, 5.41) is 4.12. The van der Waals surface area contributed by atoms with Gasteiger partial charge in [0.25, 0.3) is 0 Å². The van der Waals surface area contributed by atoms with Gasteiger partial charge in [-0.25, -0.2) is 14.5 Å². The third-order valence-corrected chi connectivity index (χ3v) is 2.93. The molecule has 0 unspecified atom stereocenters. The normalized spacial score (nSPS) is 10.0. The molecule has 0 saturated carbocycles. The summed E-state index contributed by atoms with van der Waals surface area (Å²) in [6.45, 7) is 2.85. The van der Waals surface area contributed by atoms with Gasteiger partial charge in [-0.3, -0.25) is 4.89 Å². The van der Waals surface area contributed by atoms with Gasteiger partial charge >= 0.3 is 12.1 Å². The maximum absolute atomic E-state index is 11.9. The first kappa shape index (κ1) is 20.5. The molecule has 0 aromatic heterocycles. The van der Waals surface area contributed by atoms with Gasteiger partial charge < -0.3 is 18.9 Å². The lowest BCUT2D eigenvalue weighted by atomic mass is 10.2. The molecule has 0 N–H and O–H groups in total. The Hall–Kier alpha value is -2.52. The zero-order chi connectivity index (χ0) is 18.5. The molecule has 0 radical (unpaired) electrons. The van der Waals surface area contributed by atoms with Gasteiger partial charge in [0.1, 0.15) is 23.7 Å². The Kier molecular flexibility index (Phi) is 9.79. The van der Waals surface area contributed by atoms with Crippen molar-refractivity contribution in [1.29, 1.82) is 0 Å². The first-order chi connectivity index (χ1) is 12.1. The molecule has 9 nitrogen and oxygen atoms in total. The highest BCUT2D eigenvalue weighted by atomic mass is 17.5. The first-order valence-electron chi connectivity index (χ1n) is 7.64. The van der Waals surface area contributed by atoms with E-state index in [1.165, 1.54) is 26.4 Å². The predicted octanol–water partition coefficient (Wildman–Crippen LogP) is 2.68. The van der Waals surface area contributed by atoms with Crippen LogP contribution in [0.15, 0.2) is 18.2 Å². The summed E-state index contributed by atoms with van der Waals surface area (Å²) >= 11 is 0. The van der Waals surface area contributed by atoms with E-state index in [1.807, 2.05) is 6.92 Å². The zero-order valence-electron chi connectivity index (χ0n) is 14.4. The van der Waals surface area contributed by atoms with Crippen LogP contribution in [0.25, 0.3) is 0 Å². The van der Waals surface area contributed by atoms with E-state index >= 15 is 0 Å². The van der Waals surface area contributed by atoms with E-state index in [2.05, 4.69) is 19.6 Å². The molecule has 0 fully saturated rings. The Bertz CT molecular complexity index is 544. The summed E-state index contributed by atoms with van der Waals surface area (Å²) in [6, 6.07) is 4.51. The molecule has 25 heavy (non-hydrogen) atoms. The van der Waals surface area contributed by atoms with Crippen LogP contribution in [-0.4, -0.2) is 46.2 Å². The molecule has 0 bridgehead atoms. The van der Waals surface area contributed by atoms with Crippen LogP contribution in [0.2, 0.25) is 0 Å². The summed E-state index contributed by atoms with van der Waals surface area (Å²) in [6.07, 6.45) is 0.779. The van der Waals surface area contributed by atoms with Crippen LogP contribution < -0.4 is 9.47 Å². The zero-order valence-corrected chi connectivity index (χ0v) is 14.4. The Morgan fingerprint density at radius 1 is 1.00 bits per heavy atom. The molecule has 140 valence electrons. The summed E-state index contributed by atoms with van der Waals surface area (Å²) in [5.41, 5.74) is 0.0307. The van der Waals surface area contributed by atoms with Crippen molar-refractivity contribution in [2.75, 3.05) is 34.0 Å². The Morgan fingerprint density at radius 2 is 1.80 bits per heavy atom. The van der Waals surface area contributed by atoms with E-state index in [0.717, 1.165) is 12.8 Å². The molecule has 0 aliphatic heterocycles. The fourth-order valence-corrected chi connectivity index (χ4v) is 1.65. The lowest BCUT2D eigenvalue weighted by Gasteiger charge is -2.08. The highest BCUT2D eigenvalue weighted by Gasteiger charge is 2.18. The molecule has 1 aromatic carbocycles. The van der Waals surface area contributed by atoms with Crippen molar-refractivity contribution >= 4 is 12.1 Å². The van der Waals surface area contributed by atoms with Crippen molar-refractivity contribution in [2.45, 2.75) is 19.8 Å². The number of hydrogen-bond donors (Lipinski definition) is 0. The predicted molar refractivity (Wildman–Crippen MR) is 84.2 cm³/mol. The number of carbonyl (C=O) groups excluding carboxylic acids is 2. The van der Waals surface area contributed by atoms with Crippen LogP contribution in [0.5, 0.6) is 11.5 Å². The molecule has 1 aromatic rings. The van der Waals surface area contributed by atoms with Crippen LogP contribution >= 0.6 is 0 Å². The Labute approximate surface area is 145 Å². The molecule has 0 spiro atoms. The Balaban J connectivity index is 2.31. The van der Waals surface area contributed by atoms with Crippen LogP contribution in [0.4, 0.5) is 4.79 Å². The van der Waals surface area contributed by atoms with Crippen molar-refractivity contribution in [3.8, 4) is 11.5 Å². The molecule has 1 rings (SSSR count). The van der Waals surface area contributed by atoms with Gasteiger partial charge in [0.05, 0.1) is 25.9 Å². The smallest absolute Gasteiger partial charge is 0.497 e. The highest BCUT2D eigenvalue weighted by Crippen LogP contribution is 2.24. The third-order valence-electron chi connectivity index (χ3n) is 2.93. The number of unbranched alkanes of at least 4 members (excludes halogenated alkanes) is 1. The minimum absolute atomic E-state index is 0.0104. The van der Waals surface area contributed by atoms with Gasteiger partial charge in [-0.05, 0) is 24.6 Å². The third kappa shape index (κ3) is 7.73. The van der Waals surface area contributed by atoms with E-state index in [4.69, 9.17) is 14.2 Å². The van der Waals surface area contributed by atoms with Crippen molar-refractivity contribution in [3.63, 3.8) is 0 Å². The summed E-state index contributed by atoms with van der Waals surface area (Å²) < 4.78 is 19.9. The van der Waals surface area contributed by atoms with Gasteiger partial charge in [0, 0.05) is 6.61 Å². The summed E-state index contributed by atoms with van der Waals surface area (Å²) in [7, 11) is 2.83. The maximum atomic E-state index is 11.9. The molecular weight excluding hydrogens is 336 g/mol. The largest absolute Gasteiger partial charge is 0.543 e. The average Bonchev–Trinajstić information content (AvgIpc) is 2.63. The molecule has 0 aliphatic carbocycles. The van der Waals surface area contributed by atoms with Gasteiger partial charge in [-0.1, -0.05) is 13.3 Å². The minimum Gasteiger partial charge on any atom is -0.497 e. The first-order valence-corrected chi connectivity index (χ1v) is 7.64. The van der Waals surface area contributed by atoms with Gasteiger partial charge in [-0.15, -0.1) is 0 Å². The van der Waals surface area contributed by atoms with Crippen molar-refractivity contribution in [3.05, 3.63) is 23.8 Å². The second kappa shape index (κ2) is 11.9. The minimum atomic E-state index is -1.16. The second-order valence-corrected chi connectivity index (χ2v) is 4.65. The molecular formula is C16H22O9. The van der Waals surface area contributed by atoms with Crippen LogP contribution in [0.1, 0.15) is 30.1 Å². The van der Waals surface area contributed by atoms with Crippen molar-refractivity contribution < 1.29 is 43.3 Å². The Morgan fingerprint density at radius 3 is 2.48 bits per heavy atom. The molecule has 0 atom stereocenters. The number of ether oxygens (including phenoxy) is 4. The molecule has 0 saturated heterocycles. The number of methoxy groups -OCH3 is 2. The summed E-state index contributed by atoms with van der Waals surface area (Å²) in [4.78, 5) is 31.6. The number of hydrogen-bond acceptors (Lipinski definition) is 9. The highest BCUT2D eigenvalue weighted by molar-refractivity contribution is 5.92. The second-order valence-electron chi connectivity index (χ2n) is 4.65. The van der Waals surface area contributed by atoms with Crippen molar-refractivity contribution in [2.24, 2.45) is 0 Å². The monoisotopic (exact) mass is 358 g/mol. The van der Waals surface area contributed by atoms with Crippen LogP contribution in [0, 0.1) is 0 Å². The fourth-order valence-electron chi connectivity index (χ4n) is 1.65. The average molecular weight is 358 g/mol. The topological polar surface area (TPSA) is 98.8 Å². The number of benzene rings is 1. The lowest BCUT2D eigenvalue weighted by Crippen LogP contribution is -2.15. The quantitative estimate of drug-likeness (QED) is 0.256. The lowest BCUT2D eigenvalue weighted by molar-refractivity contribution is -0.452. The van der Waals surface area contributed by atoms with Crippen molar-refractivity contribution in [1.82, 2.24) is 0 Å². The molecule has 0 heterocycles. The molecule has 0 amide bonds. The maximum Gasteiger partial charge on any atom is 0.543 e. The fraction of sp³-hybridized carbons (Fsp3) is 0.500. The van der Waals surface area contributed by atoms with Gasteiger partial charge in [0.2, 0.25) is 0 Å². The molecule has 0 aliphatic rings. The van der Waals surface area contributed by atoms with Gasteiger partial charge in [0.15, 0.2) is 0 Å². The van der Waals surface area contributed by atoms with E-state index in [9.17, 15) is 9.59 Å². The standard InChI is InChI=1S/C16H22O9/c1-4-5-8-21-9-10-22-16(18)24-25-23-15(17)13-11-12(19-2)6-7-14(13)20-3/h6-7,11H,4-5,8-10H2,1-3H3. The van der Waals surface area contributed by atoms with E-state index in [-0.39, 0.29) is 24.5 Å². The SMILES string of the molecule is CCCCOCCOC(=O)OOOC(=O)c1cc(OC)ccc1OC. The van der Waals surface area contributed by atoms with Crippen LogP contribution in [-0.2, 0) is 24.3 Å². The molecule has 9 heteroatoms. The number of rotatable bonds is 11. The van der Waals surface area contributed by atoms with E-state index in [1.54, 1.807) is 6.07 Å². The van der Waals surface area contributed by atoms with Gasteiger partial charge in [-0.2, -0.15) is 0 Å².